The van der Waals surface area contributed by atoms with Crippen LogP contribution in [0.1, 0.15) is 32.6 Å². The molecule has 0 bridgehead atoms. The second kappa shape index (κ2) is 6.92. The van der Waals surface area contributed by atoms with Gasteiger partial charge in [-0.25, -0.2) is 9.59 Å². The smallest absolute Gasteiger partial charge is 0.328 e. The highest BCUT2D eigenvalue weighted by Gasteiger charge is 2.33. The summed E-state index contributed by atoms with van der Waals surface area (Å²) in [5.41, 5.74) is 0. The maximum Gasteiger partial charge on any atom is 0.328 e. The normalized spacial score (nSPS) is 30.9. The van der Waals surface area contributed by atoms with E-state index in [2.05, 4.69) is 12.2 Å². The molecule has 1 atom stereocenters. The third-order valence-corrected chi connectivity index (χ3v) is 4.35. The molecule has 6 nitrogen and oxygen atoms in total. The van der Waals surface area contributed by atoms with Gasteiger partial charge in [0.2, 0.25) is 0 Å². The van der Waals surface area contributed by atoms with Crippen molar-refractivity contribution in [2.45, 2.75) is 38.6 Å². The first-order valence-electron chi connectivity index (χ1n) is 7.43. The Morgan fingerprint density at radius 2 is 2.00 bits per heavy atom. The molecule has 1 heterocycles. The fraction of sp³-hybridized carbons (Fsp3) is 0.857. The maximum atomic E-state index is 12.1. The molecule has 0 aromatic heterocycles. The number of urea groups is 1. The van der Waals surface area contributed by atoms with E-state index in [0.29, 0.717) is 25.6 Å². The molecule has 1 saturated carbocycles. The standard InChI is InChI=1S/C14H24N2O4/c1-10-2-4-11(5-3-10)8-15-14(19)16-6-7-20-9-12(16)13(17)18/h10-12H,2-9H2,1H3,(H,15,19)(H,17,18). The predicted molar refractivity (Wildman–Crippen MR) is 73.5 cm³/mol. The average molecular weight is 284 g/mol. The Morgan fingerprint density at radius 3 is 2.65 bits per heavy atom. The summed E-state index contributed by atoms with van der Waals surface area (Å²) in [6.07, 6.45) is 4.73. The molecular formula is C14H24N2O4. The number of hydrogen-bond donors (Lipinski definition) is 2. The number of carboxylic acid groups (broad SMARTS) is 1. The van der Waals surface area contributed by atoms with Crippen LogP contribution >= 0.6 is 0 Å². The van der Waals surface area contributed by atoms with E-state index in [1.54, 1.807) is 0 Å². The Labute approximate surface area is 119 Å². The summed E-state index contributed by atoms with van der Waals surface area (Å²) in [6.45, 7) is 3.72. The van der Waals surface area contributed by atoms with Crippen molar-refractivity contribution in [3.8, 4) is 0 Å². The SMILES string of the molecule is CC1CCC(CNC(=O)N2CCOCC2C(=O)O)CC1. The van der Waals surface area contributed by atoms with E-state index in [9.17, 15) is 9.59 Å². The van der Waals surface area contributed by atoms with Crippen molar-refractivity contribution in [1.82, 2.24) is 10.2 Å². The van der Waals surface area contributed by atoms with Crippen LogP contribution in [0, 0.1) is 11.8 Å². The monoisotopic (exact) mass is 284 g/mol. The number of hydrogen-bond acceptors (Lipinski definition) is 3. The Kier molecular flexibility index (Phi) is 5.23. The van der Waals surface area contributed by atoms with Crippen LogP contribution in [-0.4, -0.2) is 54.4 Å². The van der Waals surface area contributed by atoms with E-state index >= 15 is 0 Å². The highest BCUT2D eigenvalue weighted by Crippen LogP contribution is 2.27. The van der Waals surface area contributed by atoms with Gasteiger partial charge < -0.3 is 20.1 Å². The van der Waals surface area contributed by atoms with E-state index in [-0.39, 0.29) is 12.6 Å². The summed E-state index contributed by atoms with van der Waals surface area (Å²) < 4.78 is 5.13. The van der Waals surface area contributed by atoms with Gasteiger partial charge in [0.1, 0.15) is 0 Å². The van der Waals surface area contributed by atoms with Gasteiger partial charge >= 0.3 is 12.0 Å². The van der Waals surface area contributed by atoms with Crippen LogP contribution in [0.5, 0.6) is 0 Å². The number of amides is 2. The lowest BCUT2D eigenvalue weighted by Crippen LogP contribution is -2.56. The van der Waals surface area contributed by atoms with Crippen molar-refractivity contribution >= 4 is 12.0 Å². The number of nitrogens with one attached hydrogen (secondary N) is 1. The Balaban J connectivity index is 1.79. The highest BCUT2D eigenvalue weighted by atomic mass is 16.5. The summed E-state index contributed by atoms with van der Waals surface area (Å²) in [5, 5.41) is 12.0. The van der Waals surface area contributed by atoms with Crippen molar-refractivity contribution < 1.29 is 19.4 Å². The average Bonchev–Trinajstić information content (AvgIpc) is 2.46. The zero-order valence-electron chi connectivity index (χ0n) is 12.0. The molecule has 114 valence electrons. The summed E-state index contributed by atoms with van der Waals surface area (Å²) in [6, 6.07) is -1.14. The van der Waals surface area contributed by atoms with Gasteiger partial charge in [-0.1, -0.05) is 19.8 Å². The first kappa shape index (κ1) is 15.1. The van der Waals surface area contributed by atoms with Crippen LogP contribution in [0.4, 0.5) is 4.79 Å². The number of ether oxygens (including phenoxy) is 1. The van der Waals surface area contributed by atoms with Crippen LogP contribution < -0.4 is 5.32 Å². The minimum Gasteiger partial charge on any atom is -0.480 e. The largest absolute Gasteiger partial charge is 0.480 e. The molecule has 20 heavy (non-hydrogen) atoms. The van der Waals surface area contributed by atoms with E-state index < -0.39 is 12.0 Å². The van der Waals surface area contributed by atoms with Gasteiger partial charge in [0.25, 0.3) is 0 Å². The second-order valence-electron chi connectivity index (χ2n) is 5.93. The molecule has 2 amide bonds. The van der Waals surface area contributed by atoms with Gasteiger partial charge in [0.15, 0.2) is 6.04 Å². The Hall–Kier alpha value is -1.30. The number of nitrogens with zero attached hydrogens (tertiary/aromatic N) is 1. The van der Waals surface area contributed by atoms with E-state index in [1.165, 1.54) is 17.7 Å². The first-order chi connectivity index (χ1) is 9.58. The highest BCUT2D eigenvalue weighted by molar-refractivity contribution is 5.83. The first-order valence-corrected chi connectivity index (χ1v) is 7.43. The molecule has 1 aliphatic carbocycles. The van der Waals surface area contributed by atoms with Crippen molar-refractivity contribution in [1.29, 1.82) is 0 Å². The minimum absolute atomic E-state index is 0.0731. The molecule has 2 fully saturated rings. The number of morpholine rings is 1. The summed E-state index contributed by atoms with van der Waals surface area (Å²) in [7, 11) is 0. The summed E-state index contributed by atoms with van der Waals surface area (Å²) in [5.74, 6) is 0.309. The lowest BCUT2D eigenvalue weighted by molar-refractivity contribution is -0.147. The molecule has 0 aromatic carbocycles. The molecule has 0 radical (unpaired) electrons. The van der Waals surface area contributed by atoms with E-state index in [1.807, 2.05) is 0 Å². The third-order valence-electron chi connectivity index (χ3n) is 4.35. The lowest BCUT2D eigenvalue weighted by atomic mass is 9.83. The molecule has 6 heteroatoms. The summed E-state index contributed by atoms with van der Waals surface area (Å²) >= 11 is 0. The molecule has 1 saturated heterocycles. The topological polar surface area (TPSA) is 78.9 Å². The quantitative estimate of drug-likeness (QED) is 0.819. The Bertz CT molecular complexity index is 353. The predicted octanol–water partition coefficient (Wildman–Crippen LogP) is 1.31. The fourth-order valence-corrected chi connectivity index (χ4v) is 2.92. The molecule has 2 aliphatic rings. The van der Waals surface area contributed by atoms with Crippen LogP contribution in [-0.2, 0) is 9.53 Å². The van der Waals surface area contributed by atoms with Crippen LogP contribution in [0.15, 0.2) is 0 Å². The fourth-order valence-electron chi connectivity index (χ4n) is 2.92. The zero-order valence-corrected chi connectivity index (χ0v) is 12.0. The van der Waals surface area contributed by atoms with Crippen molar-refractivity contribution in [2.24, 2.45) is 11.8 Å². The molecule has 2 N–H and O–H groups in total. The molecule has 0 spiro atoms. The maximum absolute atomic E-state index is 12.1. The van der Waals surface area contributed by atoms with E-state index in [0.717, 1.165) is 18.8 Å². The zero-order chi connectivity index (χ0) is 14.5. The molecule has 1 unspecified atom stereocenters. The van der Waals surface area contributed by atoms with Gasteiger partial charge in [0, 0.05) is 13.1 Å². The van der Waals surface area contributed by atoms with Gasteiger partial charge in [0.05, 0.1) is 13.2 Å². The van der Waals surface area contributed by atoms with Gasteiger partial charge in [-0.2, -0.15) is 0 Å². The van der Waals surface area contributed by atoms with Crippen LogP contribution in [0.2, 0.25) is 0 Å². The Morgan fingerprint density at radius 1 is 1.30 bits per heavy atom. The van der Waals surface area contributed by atoms with E-state index in [4.69, 9.17) is 9.84 Å². The second-order valence-corrected chi connectivity index (χ2v) is 5.93. The number of carbonyl (C=O) groups excluding carboxylic acids is 1. The van der Waals surface area contributed by atoms with Crippen LogP contribution in [0.25, 0.3) is 0 Å². The summed E-state index contributed by atoms with van der Waals surface area (Å²) in [4.78, 5) is 24.6. The van der Waals surface area contributed by atoms with Gasteiger partial charge in [-0.15, -0.1) is 0 Å². The lowest BCUT2D eigenvalue weighted by Gasteiger charge is -2.33. The van der Waals surface area contributed by atoms with Crippen molar-refractivity contribution in [3.05, 3.63) is 0 Å². The minimum atomic E-state index is -1.01. The number of carboxylic acids is 1. The van der Waals surface area contributed by atoms with Crippen molar-refractivity contribution in [2.75, 3.05) is 26.3 Å². The number of rotatable bonds is 3. The van der Waals surface area contributed by atoms with Crippen molar-refractivity contribution in [3.63, 3.8) is 0 Å². The van der Waals surface area contributed by atoms with Crippen LogP contribution in [0.3, 0.4) is 0 Å². The molecule has 1 aliphatic heterocycles. The number of aliphatic carboxylic acids is 1. The number of carbonyl (C=O) groups is 2. The van der Waals surface area contributed by atoms with Gasteiger partial charge in [-0.3, -0.25) is 0 Å². The van der Waals surface area contributed by atoms with Gasteiger partial charge in [-0.05, 0) is 24.7 Å². The molecular weight excluding hydrogens is 260 g/mol. The molecule has 2 rings (SSSR count). The third kappa shape index (κ3) is 3.85. The molecule has 0 aromatic rings.